The van der Waals surface area contributed by atoms with Crippen molar-refractivity contribution in [1.82, 2.24) is 4.98 Å². The smallest absolute Gasteiger partial charge is 0.413 e. The Morgan fingerprint density at radius 1 is 1.44 bits per heavy atom. The Bertz CT molecular complexity index is 364. The standard InChI is InChI=1S/C11H16N2O2S/c1-7(2)15-11(14)13-10-12-8-5-3-4-6-9(8)16-10/h7H,3-6H2,1-2H3,(H,12,13,14). The molecule has 88 valence electrons. The van der Waals surface area contributed by atoms with Crippen LogP contribution in [0.5, 0.6) is 0 Å². The minimum Gasteiger partial charge on any atom is -0.447 e. The maximum Gasteiger partial charge on any atom is 0.413 e. The molecule has 1 aliphatic rings. The van der Waals surface area contributed by atoms with E-state index in [1.807, 2.05) is 13.8 Å². The Labute approximate surface area is 99.0 Å². The van der Waals surface area contributed by atoms with Gasteiger partial charge in [-0.2, -0.15) is 0 Å². The molecule has 1 amide bonds. The number of amides is 1. The molecule has 5 heteroatoms. The minimum absolute atomic E-state index is 0.102. The van der Waals surface area contributed by atoms with Gasteiger partial charge >= 0.3 is 6.09 Å². The highest BCUT2D eigenvalue weighted by Gasteiger charge is 2.16. The van der Waals surface area contributed by atoms with E-state index in [0.29, 0.717) is 5.13 Å². The molecular formula is C11H16N2O2S. The van der Waals surface area contributed by atoms with Gasteiger partial charge in [-0.25, -0.2) is 9.78 Å². The summed E-state index contributed by atoms with van der Waals surface area (Å²) in [7, 11) is 0. The van der Waals surface area contributed by atoms with Crippen molar-refractivity contribution in [2.45, 2.75) is 45.6 Å². The van der Waals surface area contributed by atoms with Gasteiger partial charge in [-0.3, -0.25) is 5.32 Å². The highest BCUT2D eigenvalue weighted by Crippen LogP contribution is 2.29. The Hall–Kier alpha value is -1.10. The fourth-order valence-corrected chi connectivity index (χ4v) is 2.77. The zero-order valence-electron chi connectivity index (χ0n) is 9.58. The molecule has 1 aromatic heterocycles. The number of fused-ring (bicyclic) bond motifs is 1. The summed E-state index contributed by atoms with van der Waals surface area (Å²) >= 11 is 1.57. The zero-order valence-corrected chi connectivity index (χ0v) is 10.4. The lowest BCUT2D eigenvalue weighted by Gasteiger charge is -2.06. The van der Waals surface area contributed by atoms with E-state index in [4.69, 9.17) is 4.74 Å². The summed E-state index contributed by atoms with van der Waals surface area (Å²) in [5.74, 6) is 0. The molecule has 16 heavy (non-hydrogen) atoms. The molecule has 1 aliphatic carbocycles. The van der Waals surface area contributed by atoms with Crippen molar-refractivity contribution in [2.75, 3.05) is 5.32 Å². The van der Waals surface area contributed by atoms with E-state index < -0.39 is 6.09 Å². The molecular weight excluding hydrogens is 224 g/mol. The normalized spacial score (nSPS) is 14.7. The third-order valence-electron chi connectivity index (χ3n) is 2.40. The van der Waals surface area contributed by atoms with Crippen LogP contribution in [0.4, 0.5) is 9.93 Å². The Balaban J connectivity index is 1.99. The van der Waals surface area contributed by atoms with Gasteiger partial charge in [-0.05, 0) is 39.5 Å². The molecule has 0 aliphatic heterocycles. The molecule has 0 aromatic carbocycles. The molecule has 1 N–H and O–H groups in total. The van der Waals surface area contributed by atoms with Crippen LogP contribution in [0, 0.1) is 0 Å². The summed E-state index contributed by atoms with van der Waals surface area (Å²) in [5.41, 5.74) is 1.15. The molecule has 4 nitrogen and oxygen atoms in total. The maximum absolute atomic E-state index is 11.4. The predicted octanol–water partition coefficient (Wildman–Crippen LogP) is 2.98. The van der Waals surface area contributed by atoms with E-state index in [-0.39, 0.29) is 6.10 Å². The van der Waals surface area contributed by atoms with Crippen molar-refractivity contribution < 1.29 is 9.53 Å². The molecule has 1 aromatic rings. The number of rotatable bonds is 2. The fraction of sp³-hybridized carbons (Fsp3) is 0.636. The average Bonchev–Trinajstić information content (AvgIpc) is 2.57. The van der Waals surface area contributed by atoms with Crippen molar-refractivity contribution >= 4 is 22.6 Å². The van der Waals surface area contributed by atoms with Gasteiger partial charge in [0.15, 0.2) is 5.13 Å². The third-order valence-corrected chi connectivity index (χ3v) is 3.47. The molecule has 0 saturated heterocycles. The molecule has 0 radical (unpaired) electrons. The predicted molar refractivity (Wildman–Crippen MR) is 64.0 cm³/mol. The van der Waals surface area contributed by atoms with Crippen molar-refractivity contribution in [3.8, 4) is 0 Å². The van der Waals surface area contributed by atoms with E-state index in [1.54, 1.807) is 11.3 Å². The van der Waals surface area contributed by atoms with E-state index in [0.717, 1.165) is 18.5 Å². The van der Waals surface area contributed by atoms with Gasteiger partial charge in [-0.15, -0.1) is 11.3 Å². The van der Waals surface area contributed by atoms with Gasteiger partial charge in [0, 0.05) is 4.88 Å². The number of hydrogen-bond donors (Lipinski definition) is 1. The Kier molecular flexibility index (Phi) is 3.43. The van der Waals surface area contributed by atoms with Crippen LogP contribution in [0.25, 0.3) is 0 Å². The fourth-order valence-electron chi connectivity index (χ4n) is 1.74. The van der Waals surface area contributed by atoms with Crippen LogP contribution >= 0.6 is 11.3 Å². The van der Waals surface area contributed by atoms with E-state index in [9.17, 15) is 4.79 Å². The van der Waals surface area contributed by atoms with Gasteiger partial charge in [0.2, 0.25) is 0 Å². The van der Waals surface area contributed by atoms with Crippen LogP contribution in [0.3, 0.4) is 0 Å². The molecule has 1 heterocycles. The number of aromatic nitrogens is 1. The number of thiazole rings is 1. The molecule has 0 saturated carbocycles. The first-order valence-corrected chi connectivity index (χ1v) is 6.43. The van der Waals surface area contributed by atoms with Gasteiger partial charge in [-0.1, -0.05) is 0 Å². The number of ether oxygens (including phenoxy) is 1. The summed E-state index contributed by atoms with van der Waals surface area (Å²) in [6, 6.07) is 0. The van der Waals surface area contributed by atoms with Crippen molar-refractivity contribution in [3.05, 3.63) is 10.6 Å². The Morgan fingerprint density at radius 3 is 2.88 bits per heavy atom. The second-order valence-electron chi connectivity index (χ2n) is 4.18. The highest BCUT2D eigenvalue weighted by atomic mass is 32.1. The zero-order chi connectivity index (χ0) is 11.5. The molecule has 0 fully saturated rings. The summed E-state index contributed by atoms with van der Waals surface area (Å²) in [6.07, 6.45) is 4.04. The largest absolute Gasteiger partial charge is 0.447 e. The van der Waals surface area contributed by atoms with Crippen molar-refractivity contribution in [3.63, 3.8) is 0 Å². The molecule has 0 bridgehead atoms. The van der Waals surface area contributed by atoms with E-state index in [1.165, 1.54) is 17.7 Å². The van der Waals surface area contributed by atoms with Gasteiger partial charge in [0.05, 0.1) is 11.8 Å². The summed E-state index contributed by atoms with van der Waals surface area (Å²) in [5, 5.41) is 3.34. The second kappa shape index (κ2) is 4.82. The van der Waals surface area contributed by atoms with Crippen LogP contribution in [-0.4, -0.2) is 17.2 Å². The highest BCUT2D eigenvalue weighted by molar-refractivity contribution is 7.15. The van der Waals surface area contributed by atoms with Crippen molar-refractivity contribution in [1.29, 1.82) is 0 Å². The first kappa shape index (κ1) is 11.4. The molecule has 0 unspecified atom stereocenters. The summed E-state index contributed by atoms with van der Waals surface area (Å²) in [6.45, 7) is 3.65. The van der Waals surface area contributed by atoms with E-state index >= 15 is 0 Å². The van der Waals surface area contributed by atoms with Gasteiger partial charge in [0.1, 0.15) is 0 Å². The lowest BCUT2D eigenvalue weighted by molar-refractivity contribution is 0.130. The molecule has 0 atom stereocenters. The first-order chi connectivity index (χ1) is 7.65. The number of nitrogens with one attached hydrogen (secondary N) is 1. The van der Waals surface area contributed by atoms with Gasteiger partial charge < -0.3 is 4.74 Å². The second-order valence-corrected chi connectivity index (χ2v) is 5.26. The summed E-state index contributed by atoms with van der Waals surface area (Å²) < 4.78 is 5.00. The van der Waals surface area contributed by atoms with Crippen LogP contribution in [0.1, 0.15) is 37.3 Å². The van der Waals surface area contributed by atoms with Crippen LogP contribution in [-0.2, 0) is 17.6 Å². The number of nitrogens with zero attached hydrogens (tertiary/aromatic N) is 1. The van der Waals surface area contributed by atoms with E-state index in [2.05, 4.69) is 10.3 Å². The topological polar surface area (TPSA) is 51.2 Å². The molecule has 0 spiro atoms. The lowest BCUT2D eigenvalue weighted by Crippen LogP contribution is -2.17. The van der Waals surface area contributed by atoms with Crippen LogP contribution in [0.15, 0.2) is 0 Å². The summed E-state index contributed by atoms with van der Waals surface area (Å²) in [4.78, 5) is 17.1. The minimum atomic E-state index is -0.416. The monoisotopic (exact) mass is 240 g/mol. The number of aryl methyl sites for hydroxylation is 2. The third kappa shape index (κ3) is 2.72. The van der Waals surface area contributed by atoms with Crippen LogP contribution in [0.2, 0.25) is 0 Å². The molecule has 2 rings (SSSR count). The number of anilines is 1. The van der Waals surface area contributed by atoms with Crippen LogP contribution < -0.4 is 5.32 Å². The SMILES string of the molecule is CC(C)OC(=O)Nc1nc2c(s1)CCCC2. The number of carbonyl (C=O) groups excluding carboxylic acids is 1. The number of carbonyl (C=O) groups is 1. The number of hydrogen-bond acceptors (Lipinski definition) is 4. The first-order valence-electron chi connectivity index (χ1n) is 5.61. The van der Waals surface area contributed by atoms with Gasteiger partial charge in [0.25, 0.3) is 0 Å². The maximum atomic E-state index is 11.4. The quantitative estimate of drug-likeness (QED) is 0.864. The average molecular weight is 240 g/mol. The lowest BCUT2D eigenvalue weighted by atomic mass is 10.0. The Morgan fingerprint density at radius 2 is 2.19 bits per heavy atom. The van der Waals surface area contributed by atoms with Crippen molar-refractivity contribution in [2.24, 2.45) is 0 Å².